The van der Waals surface area contributed by atoms with E-state index >= 15 is 0 Å². The van der Waals surface area contributed by atoms with Gasteiger partial charge >= 0.3 is 5.97 Å². The van der Waals surface area contributed by atoms with Crippen LogP contribution in [0.2, 0.25) is 0 Å². The largest absolute Gasteiger partial charge is 0.454 e. The maximum Gasteiger partial charge on any atom is 0.332 e. The van der Waals surface area contributed by atoms with Crippen molar-refractivity contribution in [2.75, 3.05) is 6.54 Å². The smallest absolute Gasteiger partial charge is 0.332 e. The van der Waals surface area contributed by atoms with Gasteiger partial charge < -0.3 is 10.5 Å². The zero-order valence-electron chi connectivity index (χ0n) is 14.7. The van der Waals surface area contributed by atoms with E-state index in [1.165, 1.54) is 0 Å². The van der Waals surface area contributed by atoms with E-state index in [-0.39, 0.29) is 28.8 Å². The normalized spacial score (nSPS) is 37.6. The van der Waals surface area contributed by atoms with E-state index in [2.05, 4.69) is 20.8 Å². The number of benzene rings is 1. The third-order valence-electron chi connectivity index (χ3n) is 7.13. The molecule has 2 N–H and O–H groups in total. The molecule has 5 atom stereocenters. The Morgan fingerprint density at radius 3 is 2.67 bits per heavy atom. The molecule has 1 aromatic carbocycles. The lowest BCUT2D eigenvalue weighted by atomic mass is 9.70. The molecule has 0 amide bonds. The first-order valence-electron chi connectivity index (χ1n) is 8.94. The highest BCUT2D eigenvalue weighted by Crippen LogP contribution is 2.65. The molecule has 3 aliphatic rings. The van der Waals surface area contributed by atoms with Crippen LogP contribution < -0.4 is 5.73 Å². The van der Waals surface area contributed by atoms with Gasteiger partial charge in [-0.2, -0.15) is 0 Å². The Labute approximate surface area is 143 Å². The van der Waals surface area contributed by atoms with Crippen LogP contribution in [0.1, 0.15) is 45.1 Å². The van der Waals surface area contributed by atoms with Crippen LogP contribution in [-0.4, -0.2) is 30.4 Å². The number of esters is 1. The van der Waals surface area contributed by atoms with Crippen molar-refractivity contribution in [2.24, 2.45) is 27.5 Å². The molecule has 2 fully saturated rings. The van der Waals surface area contributed by atoms with E-state index < -0.39 is 6.04 Å². The highest BCUT2D eigenvalue weighted by molar-refractivity contribution is 6.03. The van der Waals surface area contributed by atoms with E-state index in [1.54, 1.807) is 0 Å². The molecule has 0 aromatic heterocycles. The highest BCUT2D eigenvalue weighted by Gasteiger charge is 2.67. The molecule has 0 saturated heterocycles. The molecular weight excluding hydrogens is 300 g/mol. The summed E-state index contributed by atoms with van der Waals surface area (Å²) >= 11 is 0. The van der Waals surface area contributed by atoms with Crippen LogP contribution in [0.25, 0.3) is 0 Å². The number of nitrogens with two attached hydrogens (primary N) is 1. The number of aliphatic imine (C=N–C) groups is 1. The Bertz CT molecular complexity index is 697. The van der Waals surface area contributed by atoms with Gasteiger partial charge in [0.2, 0.25) is 0 Å². The molecule has 2 bridgehead atoms. The second-order valence-corrected chi connectivity index (χ2v) is 8.27. The molecule has 1 aromatic rings. The molecule has 4 nitrogen and oxygen atoms in total. The van der Waals surface area contributed by atoms with Gasteiger partial charge in [-0.25, -0.2) is 4.79 Å². The summed E-state index contributed by atoms with van der Waals surface area (Å²) in [5.74, 6) is 0.0483. The van der Waals surface area contributed by atoms with Gasteiger partial charge in [-0.1, -0.05) is 51.1 Å². The predicted molar refractivity (Wildman–Crippen MR) is 94.0 cm³/mol. The molecule has 24 heavy (non-hydrogen) atoms. The molecule has 128 valence electrons. The Hall–Kier alpha value is -1.68. The van der Waals surface area contributed by atoms with Crippen LogP contribution in [0.4, 0.5) is 0 Å². The first-order valence-corrected chi connectivity index (χ1v) is 8.94. The van der Waals surface area contributed by atoms with E-state index in [0.29, 0.717) is 12.5 Å². The van der Waals surface area contributed by atoms with Gasteiger partial charge in [-0.3, -0.25) is 4.99 Å². The highest BCUT2D eigenvalue weighted by atomic mass is 16.5. The third kappa shape index (κ3) is 1.89. The molecule has 2 aliphatic carbocycles. The first kappa shape index (κ1) is 15.8. The summed E-state index contributed by atoms with van der Waals surface area (Å²) in [5.41, 5.74) is 8.32. The van der Waals surface area contributed by atoms with Crippen molar-refractivity contribution in [1.82, 2.24) is 0 Å². The number of carbonyl (C=O) groups excluding carboxylic acids is 1. The Kier molecular flexibility index (Phi) is 3.40. The topological polar surface area (TPSA) is 64.7 Å². The fourth-order valence-electron chi connectivity index (χ4n) is 5.18. The van der Waals surface area contributed by atoms with Crippen molar-refractivity contribution in [3.63, 3.8) is 0 Å². The third-order valence-corrected chi connectivity index (χ3v) is 7.13. The van der Waals surface area contributed by atoms with Gasteiger partial charge in [0.25, 0.3) is 0 Å². The molecule has 4 heteroatoms. The van der Waals surface area contributed by atoms with Gasteiger partial charge in [-0.05, 0) is 23.8 Å². The minimum absolute atomic E-state index is 0.0249. The van der Waals surface area contributed by atoms with Crippen LogP contribution in [0.3, 0.4) is 0 Å². The van der Waals surface area contributed by atoms with Gasteiger partial charge in [-0.15, -0.1) is 0 Å². The van der Waals surface area contributed by atoms with Crippen LogP contribution in [0, 0.1) is 16.7 Å². The van der Waals surface area contributed by atoms with E-state index in [0.717, 1.165) is 24.1 Å². The van der Waals surface area contributed by atoms with Crippen LogP contribution >= 0.6 is 0 Å². The monoisotopic (exact) mass is 326 g/mol. The van der Waals surface area contributed by atoms with E-state index in [4.69, 9.17) is 15.5 Å². The lowest BCUT2D eigenvalue weighted by Gasteiger charge is -2.37. The summed E-state index contributed by atoms with van der Waals surface area (Å²) in [6.45, 7) is 7.27. The molecule has 1 heterocycles. The van der Waals surface area contributed by atoms with Crippen LogP contribution in [0.15, 0.2) is 35.3 Å². The number of fused-ring (bicyclic) bond motifs is 5. The van der Waals surface area contributed by atoms with Gasteiger partial charge in [0.15, 0.2) is 6.04 Å². The van der Waals surface area contributed by atoms with Gasteiger partial charge in [0.1, 0.15) is 6.10 Å². The van der Waals surface area contributed by atoms with Crippen LogP contribution in [-0.2, 0) is 9.53 Å². The Morgan fingerprint density at radius 2 is 2.00 bits per heavy atom. The minimum atomic E-state index is -0.518. The van der Waals surface area contributed by atoms with Crippen molar-refractivity contribution in [2.45, 2.75) is 51.7 Å². The van der Waals surface area contributed by atoms with Crippen molar-refractivity contribution < 1.29 is 9.53 Å². The molecule has 0 radical (unpaired) electrons. The number of ether oxygens (including phenoxy) is 1. The van der Waals surface area contributed by atoms with E-state index in [9.17, 15) is 4.79 Å². The van der Waals surface area contributed by atoms with Crippen molar-refractivity contribution in [3.8, 4) is 0 Å². The lowest BCUT2D eigenvalue weighted by molar-refractivity contribution is -0.152. The van der Waals surface area contributed by atoms with Crippen molar-refractivity contribution >= 4 is 11.7 Å². The van der Waals surface area contributed by atoms with Crippen molar-refractivity contribution in [3.05, 3.63) is 35.9 Å². The number of nitrogens with zero attached hydrogens (tertiary/aromatic N) is 1. The maximum absolute atomic E-state index is 12.7. The molecule has 0 unspecified atom stereocenters. The first-order chi connectivity index (χ1) is 11.4. The number of carbonyl (C=O) groups is 1. The molecule has 0 spiro atoms. The zero-order chi connectivity index (χ0) is 17.1. The number of rotatable bonds is 3. The fourth-order valence-corrected chi connectivity index (χ4v) is 5.18. The molecule has 1 aliphatic heterocycles. The number of hydrogen-bond acceptors (Lipinski definition) is 4. The zero-order valence-corrected chi connectivity index (χ0v) is 14.7. The summed E-state index contributed by atoms with van der Waals surface area (Å²) in [5, 5.41) is 0. The molecule has 2 saturated carbocycles. The minimum Gasteiger partial charge on any atom is -0.454 e. The van der Waals surface area contributed by atoms with Crippen molar-refractivity contribution in [1.29, 1.82) is 0 Å². The lowest BCUT2D eigenvalue weighted by Crippen LogP contribution is -2.47. The summed E-state index contributed by atoms with van der Waals surface area (Å²) in [6.07, 6.45) is 2.12. The summed E-state index contributed by atoms with van der Waals surface area (Å²) < 4.78 is 5.94. The average molecular weight is 326 g/mol. The second kappa shape index (κ2) is 5.16. The summed E-state index contributed by atoms with van der Waals surface area (Å²) in [6, 6.07) is 9.44. The van der Waals surface area contributed by atoms with Crippen LogP contribution in [0.5, 0.6) is 0 Å². The molecular formula is C20H26N2O2. The maximum atomic E-state index is 12.7. The molecule has 4 rings (SSSR count). The van der Waals surface area contributed by atoms with Gasteiger partial charge in [0, 0.05) is 23.8 Å². The summed E-state index contributed by atoms with van der Waals surface area (Å²) in [4.78, 5) is 17.7. The predicted octanol–water partition coefficient (Wildman–Crippen LogP) is 2.92. The number of hydrogen-bond donors (Lipinski definition) is 1. The standard InChI is InChI=1S/C20H26N2O2/c1-19(2)14-9-10-20(19,3)17-16(14)24-18(23)15(22-17)13(11-21)12-7-5-4-6-8-12/h4-8,13-16H,9-11,21H2,1-3H3/t13-,14-,15+,16-,20+/m1/s1. The quantitative estimate of drug-likeness (QED) is 0.869. The Morgan fingerprint density at radius 1 is 1.29 bits per heavy atom. The summed E-state index contributed by atoms with van der Waals surface area (Å²) in [7, 11) is 0. The Balaban J connectivity index is 1.76. The SMILES string of the molecule is CC1(C)[C@@H]2CC[C@@]1(C)C1=N[C@@H]([C@H](CN)c3ccccc3)C(=O)O[C@@H]12. The van der Waals surface area contributed by atoms with E-state index in [1.807, 2.05) is 30.3 Å². The second-order valence-electron chi connectivity index (χ2n) is 8.27. The fraction of sp³-hybridized carbons (Fsp3) is 0.600. The van der Waals surface area contributed by atoms with Gasteiger partial charge in [0.05, 0.1) is 5.71 Å². The average Bonchev–Trinajstić information content (AvgIpc) is 2.89.